The highest BCUT2D eigenvalue weighted by Gasteiger charge is 2.13. The highest BCUT2D eigenvalue weighted by molar-refractivity contribution is 7.90. The van der Waals surface area contributed by atoms with Crippen LogP contribution >= 0.6 is 11.3 Å². The van der Waals surface area contributed by atoms with Gasteiger partial charge in [-0.05, 0) is 49.2 Å². The van der Waals surface area contributed by atoms with Gasteiger partial charge in [0.05, 0.1) is 21.7 Å². The van der Waals surface area contributed by atoms with Crippen molar-refractivity contribution in [1.29, 1.82) is 0 Å². The van der Waals surface area contributed by atoms with Gasteiger partial charge in [-0.2, -0.15) is 4.99 Å². The van der Waals surface area contributed by atoms with Crippen molar-refractivity contribution >= 4 is 37.3 Å². The summed E-state index contributed by atoms with van der Waals surface area (Å²) in [6.07, 6.45) is 6.61. The van der Waals surface area contributed by atoms with Crippen molar-refractivity contribution in [2.45, 2.75) is 25.3 Å². The molecule has 0 saturated carbocycles. The predicted molar refractivity (Wildman–Crippen MR) is 108 cm³/mol. The summed E-state index contributed by atoms with van der Waals surface area (Å²) in [7, 11) is -3.40. The van der Waals surface area contributed by atoms with E-state index in [2.05, 4.69) is 17.0 Å². The van der Waals surface area contributed by atoms with Crippen molar-refractivity contribution in [3.63, 3.8) is 0 Å². The molecule has 2 aromatic carbocycles. The lowest BCUT2D eigenvalue weighted by Crippen LogP contribution is -2.16. The highest BCUT2D eigenvalue weighted by atomic mass is 32.2. The van der Waals surface area contributed by atoms with Gasteiger partial charge in [-0.1, -0.05) is 29.4 Å². The third-order valence-corrected chi connectivity index (χ3v) is 6.41. The van der Waals surface area contributed by atoms with E-state index in [9.17, 15) is 13.2 Å². The van der Waals surface area contributed by atoms with Crippen molar-refractivity contribution in [1.82, 2.24) is 4.57 Å². The Bertz CT molecular complexity index is 1270. The van der Waals surface area contributed by atoms with E-state index in [4.69, 9.17) is 6.42 Å². The minimum atomic E-state index is -3.40. The normalized spacial score (nSPS) is 12.3. The van der Waals surface area contributed by atoms with Gasteiger partial charge in [0.2, 0.25) is 0 Å². The Labute approximate surface area is 161 Å². The molecule has 3 aromatic rings. The Kier molecular flexibility index (Phi) is 5.05. The first-order valence-electron chi connectivity index (χ1n) is 8.14. The number of sulfone groups is 1. The van der Waals surface area contributed by atoms with Gasteiger partial charge in [0.25, 0.3) is 5.91 Å². The molecule has 0 aliphatic rings. The van der Waals surface area contributed by atoms with Gasteiger partial charge in [0, 0.05) is 11.8 Å². The van der Waals surface area contributed by atoms with Crippen molar-refractivity contribution in [2.75, 3.05) is 6.26 Å². The molecular weight excluding hydrogens is 380 g/mol. The molecule has 0 atom stereocenters. The van der Waals surface area contributed by atoms with E-state index in [1.165, 1.54) is 29.5 Å². The molecule has 1 amide bonds. The maximum Gasteiger partial charge on any atom is 0.279 e. The lowest BCUT2D eigenvalue weighted by Gasteiger charge is -2.03. The summed E-state index contributed by atoms with van der Waals surface area (Å²) >= 11 is 1.39. The highest BCUT2D eigenvalue weighted by Crippen LogP contribution is 2.23. The number of terminal acetylenes is 1. The first-order chi connectivity index (χ1) is 12.7. The second-order valence-corrected chi connectivity index (χ2v) is 9.32. The zero-order valence-corrected chi connectivity index (χ0v) is 16.8. The van der Waals surface area contributed by atoms with Gasteiger partial charge >= 0.3 is 0 Å². The number of benzene rings is 2. The first kappa shape index (κ1) is 19.1. The van der Waals surface area contributed by atoms with Crippen LogP contribution in [0.25, 0.3) is 10.2 Å². The summed E-state index contributed by atoms with van der Waals surface area (Å²) in [4.78, 5) is 17.5. The minimum Gasteiger partial charge on any atom is -0.305 e. The van der Waals surface area contributed by atoms with Crippen LogP contribution in [0.1, 0.15) is 21.5 Å². The third kappa shape index (κ3) is 3.87. The summed E-state index contributed by atoms with van der Waals surface area (Å²) in [5, 5.41) is 0. The fraction of sp³-hybridized carbons (Fsp3) is 0.200. The molecule has 0 N–H and O–H groups in total. The summed E-state index contributed by atoms with van der Waals surface area (Å²) in [5.41, 5.74) is 3.35. The molecule has 0 aliphatic carbocycles. The van der Waals surface area contributed by atoms with E-state index in [0.717, 1.165) is 27.6 Å². The molecule has 3 rings (SSSR count). The molecular formula is C20H18N2O3S2. The van der Waals surface area contributed by atoms with E-state index >= 15 is 0 Å². The van der Waals surface area contributed by atoms with Crippen LogP contribution in [-0.4, -0.2) is 25.1 Å². The zero-order chi connectivity index (χ0) is 19.8. The van der Waals surface area contributed by atoms with Crippen LogP contribution in [-0.2, 0) is 16.4 Å². The van der Waals surface area contributed by atoms with Crippen LogP contribution in [0.15, 0.2) is 46.3 Å². The molecule has 27 heavy (non-hydrogen) atoms. The molecule has 0 bridgehead atoms. The van der Waals surface area contributed by atoms with Gasteiger partial charge in [-0.25, -0.2) is 8.42 Å². The van der Waals surface area contributed by atoms with Crippen molar-refractivity contribution < 1.29 is 13.2 Å². The number of rotatable bonds is 3. The summed E-state index contributed by atoms with van der Waals surface area (Å²) < 4.78 is 26.3. The molecule has 0 unspecified atom stereocenters. The van der Waals surface area contributed by atoms with E-state index in [0.29, 0.717) is 11.3 Å². The van der Waals surface area contributed by atoms with Gasteiger partial charge < -0.3 is 4.57 Å². The minimum absolute atomic E-state index is 0.0860. The van der Waals surface area contributed by atoms with Crippen molar-refractivity contribution in [3.8, 4) is 12.3 Å². The Morgan fingerprint density at radius 1 is 1.26 bits per heavy atom. The zero-order valence-electron chi connectivity index (χ0n) is 15.2. The molecule has 5 nitrogen and oxygen atoms in total. The number of carbonyl (C=O) groups is 1. The number of thiazole rings is 1. The number of hydrogen-bond donors (Lipinski definition) is 0. The van der Waals surface area contributed by atoms with Crippen LogP contribution in [0.3, 0.4) is 0 Å². The molecule has 0 saturated heterocycles. The number of carbonyl (C=O) groups excluding carboxylic acids is 1. The fourth-order valence-electron chi connectivity index (χ4n) is 2.85. The van der Waals surface area contributed by atoms with E-state index in [1.807, 2.05) is 24.5 Å². The van der Waals surface area contributed by atoms with Gasteiger partial charge in [0.1, 0.15) is 0 Å². The first-order valence-corrected chi connectivity index (χ1v) is 10.8. The van der Waals surface area contributed by atoms with Gasteiger partial charge in [-0.3, -0.25) is 4.79 Å². The summed E-state index contributed by atoms with van der Waals surface area (Å²) in [6.45, 7) is 4.30. The number of fused-ring (bicyclic) bond motifs is 1. The van der Waals surface area contributed by atoms with Crippen LogP contribution < -0.4 is 4.80 Å². The fourth-order valence-corrected chi connectivity index (χ4v) is 4.60. The maximum atomic E-state index is 12.7. The average molecular weight is 399 g/mol. The number of hydrogen-bond acceptors (Lipinski definition) is 4. The largest absolute Gasteiger partial charge is 0.305 e. The molecule has 138 valence electrons. The average Bonchev–Trinajstić information content (AvgIpc) is 2.93. The van der Waals surface area contributed by atoms with Crippen molar-refractivity contribution in [2.24, 2.45) is 4.99 Å². The smallest absolute Gasteiger partial charge is 0.279 e. The Morgan fingerprint density at radius 2 is 2.00 bits per heavy atom. The molecule has 0 spiro atoms. The molecule has 0 aliphatic heterocycles. The lowest BCUT2D eigenvalue weighted by molar-refractivity contribution is 0.0997. The van der Waals surface area contributed by atoms with Crippen molar-refractivity contribution in [3.05, 3.63) is 57.9 Å². The molecule has 0 fully saturated rings. The Hall–Kier alpha value is -2.69. The predicted octanol–water partition coefficient (Wildman–Crippen LogP) is 3.10. The number of amides is 1. The van der Waals surface area contributed by atoms with Crippen LogP contribution in [0.5, 0.6) is 0 Å². The summed E-state index contributed by atoms with van der Waals surface area (Å²) in [5.74, 6) is 2.10. The molecule has 7 heteroatoms. The quantitative estimate of drug-likeness (QED) is 0.637. The van der Waals surface area contributed by atoms with E-state index in [-0.39, 0.29) is 10.5 Å². The van der Waals surface area contributed by atoms with Crippen LogP contribution in [0.2, 0.25) is 0 Å². The molecule has 1 heterocycles. The second kappa shape index (κ2) is 7.14. The Morgan fingerprint density at radius 3 is 2.67 bits per heavy atom. The van der Waals surface area contributed by atoms with Gasteiger partial charge in [-0.15, -0.1) is 6.42 Å². The topological polar surface area (TPSA) is 68.5 Å². The number of nitrogens with zero attached hydrogens (tertiary/aromatic N) is 2. The van der Waals surface area contributed by atoms with Crippen LogP contribution in [0, 0.1) is 26.2 Å². The monoisotopic (exact) mass is 398 g/mol. The van der Waals surface area contributed by atoms with Gasteiger partial charge in [0.15, 0.2) is 14.6 Å². The maximum absolute atomic E-state index is 12.7. The summed E-state index contributed by atoms with van der Waals surface area (Å²) in [6, 6.07) is 9.97. The van der Waals surface area contributed by atoms with Crippen LogP contribution in [0.4, 0.5) is 0 Å². The van der Waals surface area contributed by atoms with E-state index < -0.39 is 15.7 Å². The number of aryl methyl sites for hydroxylation is 2. The Balaban J connectivity index is 2.19. The standard InChI is InChI=1S/C20H18N2O3S2/c1-5-9-22-17-11-13(2)10-14(3)18(17)26-20(22)21-19(23)15-7-6-8-16(12-15)27(4,24)25/h1,6-8,10-12H,9H2,2-4H3. The second-order valence-electron chi connectivity index (χ2n) is 6.32. The molecule has 1 aromatic heterocycles. The SMILES string of the molecule is C#CCn1c(=NC(=O)c2cccc(S(C)(=O)=O)c2)sc2c(C)cc(C)cc21. The number of aromatic nitrogens is 1. The lowest BCUT2D eigenvalue weighted by atomic mass is 10.1. The molecule has 0 radical (unpaired) electrons. The van der Waals surface area contributed by atoms with E-state index in [1.54, 1.807) is 6.07 Å². The third-order valence-electron chi connectivity index (χ3n) is 4.07.